The second-order valence-electron chi connectivity index (χ2n) is 5.84. The summed E-state index contributed by atoms with van der Waals surface area (Å²) in [6, 6.07) is 4.45. The van der Waals surface area contributed by atoms with E-state index in [1.807, 2.05) is 6.07 Å². The SMILES string of the molecule is FC(F)(F)c1cc(Br)cc([C@@H](C2CC2)N2CCNCC2)c1. The molecule has 1 aromatic carbocycles. The molecule has 0 bridgehead atoms. The molecular formula is C15H18BrF3N2. The minimum Gasteiger partial charge on any atom is -0.314 e. The van der Waals surface area contributed by atoms with Gasteiger partial charge in [-0.25, -0.2) is 0 Å². The van der Waals surface area contributed by atoms with Gasteiger partial charge in [-0.1, -0.05) is 15.9 Å². The first-order chi connectivity index (χ1) is 9.95. The van der Waals surface area contributed by atoms with Crippen LogP contribution >= 0.6 is 15.9 Å². The summed E-state index contributed by atoms with van der Waals surface area (Å²) in [5.74, 6) is 0.499. The van der Waals surface area contributed by atoms with Crippen LogP contribution in [0, 0.1) is 5.92 Å². The van der Waals surface area contributed by atoms with Crippen molar-refractivity contribution in [2.24, 2.45) is 5.92 Å². The first kappa shape index (κ1) is 15.3. The van der Waals surface area contributed by atoms with Crippen LogP contribution in [0.4, 0.5) is 13.2 Å². The number of piperazine rings is 1. The number of hydrogen-bond donors (Lipinski definition) is 1. The fourth-order valence-corrected chi connectivity index (χ4v) is 3.61. The van der Waals surface area contributed by atoms with Crippen LogP contribution in [0.3, 0.4) is 0 Å². The lowest BCUT2D eigenvalue weighted by molar-refractivity contribution is -0.137. The number of hydrogen-bond acceptors (Lipinski definition) is 2. The van der Waals surface area contributed by atoms with E-state index in [1.54, 1.807) is 0 Å². The van der Waals surface area contributed by atoms with E-state index in [4.69, 9.17) is 0 Å². The van der Waals surface area contributed by atoms with Crippen LogP contribution in [0.2, 0.25) is 0 Å². The van der Waals surface area contributed by atoms with Crippen molar-refractivity contribution in [1.82, 2.24) is 10.2 Å². The van der Waals surface area contributed by atoms with E-state index in [0.717, 1.165) is 50.7 Å². The van der Waals surface area contributed by atoms with Gasteiger partial charge < -0.3 is 5.32 Å². The summed E-state index contributed by atoms with van der Waals surface area (Å²) in [5, 5.41) is 3.30. The molecule has 116 valence electrons. The summed E-state index contributed by atoms with van der Waals surface area (Å²) in [6.07, 6.45) is -2.07. The van der Waals surface area contributed by atoms with E-state index in [-0.39, 0.29) is 6.04 Å². The molecule has 6 heteroatoms. The van der Waals surface area contributed by atoms with E-state index < -0.39 is 11.7 Å². The summed E-state index contributed by atoms with van der Waals surface area (Å²) in [7, 11) is 0. The topological polar surface area (TPSA) is 15.3 Å². The fraction of sp³-hybridized carbons (Fsp3) is 0.600. The molecule has 21 heavy (non-hydrogen) atoms. The summed E-state index contributed by atoms with van der Waals surface area (Å²) in [6.45, 7) is 3.61. The molecule has 2 nitrogen and oxygen atoms in total. The molecule has 2 fully saturated rings. The highest BCUT2D eigenvalue weighted by Gasteiger charge is 2.38. The van der Waals surface area contributed by atoms with Gasteiger partial charge in [0.05, 0.1) is 5.56 Å². The Kier molecular flexibility index (Phi) is 4.30. The zero-order valence-corrected chi connectivity index (χ0v) is 13.2. The van der Waals surface area contributed by atoms with E-state index in [1.165, 1.54) is 6.07 Å². The van der Waals surface area contributed by atoms with Crippen LogP contribution < -0.4 is 5.32 Å². The third-order valence-electron chi connectivity index (χ3n) is 4.20. The highest BCUT2D eigenvalue weighted by Crippen LogP contribution is 2.46. The predicted molar refractivity (Wildman–Crippen MR) is 79.1 cm³/mol. The third-order valence-corrected chi connectivity index (χ3v) is 4.66. The van der Waals surface area contributed by atoms with Crippen molar-refractivity contribution < 1.29 is 13.2 Å². The smallest absolute Gasteiger partial charge is 0.314 e. The molecule has 0 aromatic heterocycles. The zero-order chi connectivity index (χ0) is 15.0. The highest BCUT2D eigenvalue weighted by molar-refractivity contribution is 9.10. The summed E-state index contributed by atoms with van der Waals surface area (Å²) >= 11 is 3.24. The van der Waals surface area contributed by atoms with Crippen molar-refractivity contribution >= 4 is 15.9 Å². The number of nitrogens with zero attached hydrogens (tertiary/aromatic N) is 1. The molecule has 1 aromatic rings. The normalized spacial score (nSPS) is 22.3. The van der Waals surface area contributed by atoms with Crippen molar-refractivity contribution in [3.63, 3.8) is 0 Å². The molecule has 2 aliphatic rings. The van der Waals surface area contributed by atoms with Gasteiger partial charge in [0.25, 0.3) is 0 Å². The molecule has 0 radical (unpaired) electrons. The maximum Gasteiger partial charge on any atom is 0.416 e. The van der Waals surface area contributed by atoms with Crippen molar-refractivity contribution in [2.75, 3.05) is 26.2 Å². The average molecular weight is 363 g/mol. The maximum atomic E-state index is 13.0. The molecule has 0 spiro atoms. The monoisotopic (exact) mass is 362 g/mol. The Labute approximate surface area is 130 Å². The van der Waals surface area contributed by atoms with Gasteiger partial charge in [0.15, 0.2) is 0 Å². The van der Waals surface area contributed by atoms with E-state index >= 15 is 0 Å². The molecule has 0 unspecified atom stereocenters. The first-order valence-corrected chi connectivity index (χ1v) is 8.07. The Morgan fingerprint density at radius 1 is 1.14 bits per heavy atom. The van der Waals surface area contributed by atoms with E-state index in [2.05, 4.69) is 26.1 Å². The zero-order valence-electron chi connectivity index (χ0n) is 11.6. The first-order valence-electron chi connectivity index (χ1n) is 7.27. The Morgan fingerprint density at radius 2 is 1.81 bits per heavy atom. The number of rotatable bonds is 3. The minimum absolute atomic E-state index is 0.116. The molecule has 1 atom stereocenters. The Bertz CT molecular complexity index is 508. The molecule has 1 aliphatic heterocycles. The van der Waals surface area contributed by atoms with Crippen molar-refractivity contribution in [3.05, 3.63) is 33.8 Å². The molecule has 1 saturated heterocycles. The molecule has 0 amide bonds. The van der Waals surface area contributed by atoms with Crippen LogP contribution in [0.15, 0.2) is 22.7 Å². The summed E-state index contributed by atoms with van der Waals surface area (Å²) in [4.78, 5) is 2.33. The fourth-order valence-electron chi connectivity index (χ4n) is 3.10. The second kappa shape index (κ2) is 5.89. The molecule has 1 heterocycles. The third kappa shape index (κ3) is 3.60. The Morgan fingerprint density at radius 3 is 2.38 bits per heavy atom. The molecular weight excluding hydrogens is 345 g/mol. The van der Waals surface area contributed by atoms with Gasteiger partial charge in [-0.15, -0.1) is 0 Å². The number of nitrogens with one attached hydrogen (secondary N) is 1. The van der Waals surface area contributed by atoms with Crippen LogP contribution in [0.25, 0.3) is 0 Å². The van der Waals surface area contributed by atoms with Crippen molar-refractivity contribution in [1.29, 1.82) is 0 Å². The van der Waals surface area contributed by atoms with Gasteiger partial charge in [-0.2, -0.15) is 13.2 Å². The van der Waals surface area contributed by atoms with Crippen molar-refractivity contribution in [3.8, 4) is 0 Å². The lowest BCUT2D eigenvalue weighted by atomic mass is 9.97. The standard InChI is InChI=1S/C15H18BrF3N2/c16-13-8-11(7-12(9-13)15(17,18)19)14(10-1-2-10)21-5-3-20-4-6-21/h7-10,14,20H,1-6H2/t14-/m1/s1. The van der Waals surface area contributed by atoms with Crippen LogP contribution in [0.1, 0.15) is 30.0 Å². The lowest BCUT2D eigenvalue weighted by Crippen LogP contribution is -2.45. The highest BCUT2D eigenvalue weighted by atomic mass is 79.9. The van der Waals surface area contributed by atoms with Gasteiger partial charge >= 0.3 is 6.18 Å². The predicted octanol–water partition coefficient (Wildman–Crippen LogP) is 3.82. The Hall–Kier alpha value is -0.590. The number of alkyl halides is 3. The van der Waals surface area contributed by atoms with Gasteiger partial charge in [0, 0.05) is 36.7 Å². The van der Waals surface area contributed by atoms with Gasteiger partial charge in [-0.05, 0) is 42.5 Å². The quantitative estimate of drug-likeness (QED) is 0.878. The van der Waals surface area contributed by atoms with E-state index in [0.29, 0.717) is 10.4 Å². The van der Waals surface area contributed by atoms with Gasteiger partial charge in [0.1, 0.15) is 0 Å². The van der Waals surface area contributed by atoms with E-state index in [9.17, 15) is 13.2 Å². The molecule has 1 saturated carbocycles. The largest absolute Gasteiger partial charge is 0.416 e. The number of halogens is 4. The van der Waals surface area contributed by atoms with Crippen LogP contribution in [-0.4, -0.2) is 31.1 Å². The van der Waals surface area contributed by atoms with Crippen molar-refractivity contribution in [2.45, 2.75) is 25.1 Å². The number of benzene rings is 1. The van der Waals surface area contributed by atoms with Crippen LogP contribution in [0.5, 0.6) is 0 Å². The summed E-state index contributed by atoms with van der Waals surface area (Å²) < 4.78 is 39.6. The second-order valence-corrected chi connectivity index (χ2v) is 6.75. The summed E-state index contributed by atoms with van der Waals surface area (Å²) in [5.41, 5.74) is 0.230. The maximum absolute atomic E-state index is 13.0. The molecule has 1 aliphatic carbocycles. The van der Waals surface area contributed by atoms with Gasteiger partial charge in [0.2, 0.25) is 0 Å². The molecule has 1 N–H and O–H groups in total. The Balaban J connectivity index is 1.93. The van der Waals surface area contributed by atoms with Crippen LogP contribution in [-0.2, 0) is 6.18 Å². The molecule has 3 rings (SSSR count). The minimum atomic E-state index is -4.30. The van der Waals surface area contributed by atoms with Gasteiger partial charge in [-0.3, -0.25) is 4.90 Å². The average Bonchev–Trinajstić information content (AvgIpc) is 3.23. The lowest BCUT2D eigenvalue weighted by Gasteiger charge is -2.35.